The number of imidazole rings is 1. The molecule has 2 nitrogen and oxygen atoms in total. The van der Waals surface area contributed by atoms with Crippen LogP contribution < -0.4 is 0 Å². The second-order valence-electron chi connectivity index (χ2n) is 5.20. The second kappa shape index (κ2) is 4.12. The summed E-state index contributed by atoms with van der Waals surface area (Å²) in [5.74, 6) is 0. The summed E-state index contributed by atoms with van der Waals surface area (Å²) in [6.45, 7) is 6.70. The number of hydrogen-bond donors (Lipinski definition) is 1. The topological polar surface area (TPSA) is 28.7 Å². The third kappa shape index (κ3) is 2.51. The Morgan fingerprint density at radius 1 is 1.12 bits per heavy atom. The molecule has 1 aromatic carbocycles. The van der Waals surface area contributed by atoms with Crippen LogP contribution in [0.4, 0.5) is 0 Å². The summed E-state index contributed by atoms with van der Waals surface area (Å²) in [7, 11) is 0. The molecule has 1 N–H and O–H groups in total. The van der Waals surface area contributed by atoms with Crippen molar-refractivity contribution < 1.29 is 0 Å². The SMILES string of the molecule is CC(C)(C)c1ccc(Cc2cnc[nH]2)cc1. The molecule has 0 radical (unpaired) electrons. The number of nitrogens with zero attached hydrogens (tertiary/aromatic N) is 1. The number of H-pyrrole nitrogens is 1. The van der Waals surface area contributed by atoms with Crippen LogP contribution in [0.1, 0.15) is 37.6 Å². The van der Waals surface area contributed by atoms with E-state index in [4.69, 9.17) is 0 Å². The maximum Gasteiger partial charge on any atom is 0.0921 e. The molecule has 0 saturated heterocycles. The van der Waals surface area contributed by atoms with Gasteiger partial charge in [-0.2, -0.15) is 0 Å². The molecule has 0 unspecified atom stereocenters. The Bertz CT molecular complexity index is 433. The van der Waals surface area contributed by atoms with Crippen LogP contribution in [0.3, 0.4) is 0 Å². The van der Waals surface area contributed by atoms with Crippen molar-refractivity contribution in [3.05, 3.63) is 53.6 Å². The van der Waals surface area contributed by atoms with Gasteiger partial charge >= 0.3 is 0 Å². The summed E-state index contributed by atoms with van der Waals surface area (Å²) in [5, 5.41) is 0. The fourth-order valence-corrected chi connectivity index (χ4v) is 1.72. The lowest BCUT2D eigenvalue weighted by Gasteiger charge is -2.19. The van der Waals surface area contributed by atoms with E-state index in [0.717, 1.165) is 12.1 Å². The number of aromatic amines is 1. The predicted octanol–water partition coefficient (Wildman–Crippen LogP) is 3.30. The van der Waals surface area contributed by atoms with Crippen molar-refractivity contribution >= 4 is 0 Å². The van der Waals surface area contributed by atoms with E-state index in [1.807, 2.05) is 6.20 Å². The fourth-order valence-electron chi connectivity index (χ4n) is 1.72. The number of nitrogens with one attached hydrogen (secondary N) is 1. The van der Waals surface area contributed by atoms with Gasteiger partial charge in [0.15, 0.2) is 0 Å². The standard InChI is InChI=1S/C14H18N2/c1-14(2,3)12-6-4-11(5-7-12)8-13-9-15-10-16-13/h4-7,9-10H,8H2,1-3H3,(H,15,16). The number of aromatic nitrogens is 2. The highest BCUT2D eigenvalue weighted by Crippen LogP contribution is 2.22. The summed E-state index contributed by atoms with van der Waals surface area (Å²) in [6.07, 6.45) is 4.51. The molecule has 1 heterocycles. The monoisotopic (exact) mass is 214 g/mol. The van der Waals surface area contributed by atoms with Gasteiger partial charge in [-0.3, -0.25) is 0 Å². The summed E-state index contributed by atoms with van der Waals surface area (Å²) in [6, 6.07) is 8.82. The molecule has 0 fully saturated rings. The van der Waals surface area contributed by atoms with Crippen molar-refractivity contribution in [3.63, 3.8) is 0 Å². The van der Waals surface area contributed by atoms with Gasteiger partial charge in [-0.25, -0.2) is 4.98 Å². The Morgan fingerprint density at radius 2 is 1.81 bits per heavy atom. The smallest absolute Gasteiger partial charge is 0.0921 e. The Balaban J connectivity index is 2.14. The summed E-state index contributed by atoms with van der Waals surface area (Å²) in [4.78, 5) is 7.14. The Morgan fingerprint density at radius 3 is 2.31 bits per heavy atom. The van der Waals surface area contributed by atoms with Crippen molar-refractivity contribution in [3.8, 4) is 0 Å². The van der Waals surface area contributed by atoms with E-state index in [0.29, 0.717) is 0 Å². The zero-order chi connectivity index (χ0) is 11.6. The lowest BCUT2D eigenvalue weighted by Crippen LogP contribution is -2.10. The minimum Gasteiger partial charge on any atom is -0.348 e. The Kier molecular flexibility index (Phi) is 2.82. The minimum atomic E-state index is 0.229. The molecule has 2 rings (SSSR count). The van der Waals surface area contributed by atoms with Crippen molar-refractivity contribution in [1.82, 2.24) is 9.97 Å². The first-order chi connectivity index (χ1) is 7.55. The first-order valence-electron chi connectivity index (χ1n) is 5.62. The maximum atomic E-state index is 4.02. The highest BCUT2D eigenvalue weighted by molar-refractivity contribution is 5.29. The van der Waals surface area contributed by atoms with Gasteiger partial charge in [-0.05, 0) is 16.5 Å². The van der Waals surface area contributed by atoms with Gasteiger partial charge in [0.2, 0.25) is 0 Å². The van der Waals surface area contributed by atoms with Crippen molar-refractivity contribution in [2.24, 2.45) is 0 Å². The quantitative estimate of drug-likeness (QED) is 0.816. The van der Waals surface area contributed by atoms with Gasteiger partial charge in [0.25, 0.3) is 0 Å². The minimum absolute atomic E-state index is 0.229. The molecule has 2 heteroatoms. The van der Waals surface area contributed by atoms with E-state index in [9.17, 15) is 0 Å². The van der Waals surface area contributed by atoms with Gasteiger partial charge in [-0.15, -0.1) is 0 Å². The molecule has 0 aliphatic rings. The van der Waals surface area contributed by atoms with Crippen LogP contribution in [0.25, 0.3) is 0 Å². The normalized spacial score (nSPS) is 11.7. The van der Waals surface area contributed by atoms with Crippen molar-refractivity contribution in [1.29, 1.82) is 0 Å². The van der Waals surface area contributed by atoms with Gasteiger partial charge in [0.1, 0.15) is 0 Å². The molecule has 0 aliphatic heterocycles. The van der Waals surface area contributed by atoms with E-state index in [1.54, 1.807) is 6.33 Å². The zero-order valence-corrected chi connectivity index (χ0v) is 10.1. The fraction of sp³-hybridized carbons (Fsp3) is 0.357. The molecule has 0 saturated carbocycles. The van der Waals surface area contributed by atoms with Crippen LogP contribution >= 0.6 is 0 Å². The highest BCUT2D eigenvalue weighted by atomic mass is 14.9. The first-order valence-corrected chi connectivity index (χ1v) is 5.62. The van der Waals surface area contributed by atoms with Gasteiger partial charge in [0, 0.05) is 18.3 Å². The van der Waals surface area contributed by atoms with Crippen molar-refractivity contribution in [2.75, 3.05) is 0 Å². The molecule has 0 aliphatic carbocycles. The van der Waals surface area contributed by atoms with E-state index in [1.165, 1.54) is 11.1 Å². The molecule has 2 aromatic rings. The van der Waals surface area contributed by atoms with E-state index in [2.05, 4.69) is 55.0 Å². The molecule has 0 spiro atoms. The van der Waals surface area contributed by atoms with E-state index < -0.39 is 0 Å². The number of benzene rings is 1. The average molecular weight is 214 g/mol. The zero-order valence-electron chi connectivity index (χ0n) is 10.1. The highest BCUT2D eigenvalue weighted by Gasteiger charge is 2.12. The second-order valence-corrected chi connectivity index (χ2v) is 5.20. The van der Waals surface area contributed by atoms with Crippen LogP contribution in [-0.4, -0.2) is 9.97 Å². The molecule has 0 bridgehead atoms. The van der Waals surface area contributed by atoms with Crippen LogP contribution in [0.15, 0.2) is 36.8 Å². The predicted molar refractivity (Wildman–Crippen MR) is 66.5 cm³/mol. The number of rotatable bonds is 2. The van der Waals surface area contributed by atoms with Gasteiger partial charge < -0.3 is 4.98 Å². The Labute approximate surface area is 96.7 Å². The average Bonchev–Trinajstić information content (AvgIpc) is 2.70. The summed E-state index contributed by atoms with van der Waals surface area (Å²) < 4.78 is 0. The van der Waals surface area contributed by atoms with E-state index in [-0.39, 0.29) is 5.41 Å². The van der Waals surface area contributed by atoms with Crippen LogP contribution in [-0.2, 0) is 11.8 Å². The van der Waals surface area contributed by atoms with Gasteiger partial charge in [-0.1, -0.05) is 45.0 Å². The molecule has 0 amide bonds. The molecule has 84 valence electrons. The lowest BCUT2D eigenvalue weighted by atomic mass is 9.86. The molecule has 0 atom stereocenters. The third-order valence-electron chi connectivity index (χ3n) is 2.77. The molecular formula is C14H18N2. The Hall–Kier alpha value is -1.57. The maximum absolute atomic E-state index is 4.02. The largest absolute Gasteiger partial charge is 0.348 e. The molecular weight excluding hydrogens is 196 g/mol. The lowest BCUT2D eigenvalue weighted by molar-refractivity contribution is 0.590. The summed E-state index contributed by atoms with van der Waals surface area (Å²) in [5.41, 5.74) is 4.08. The third-order valence-corrected chi connectivity index (χ3v) is 2.77. The van der Waals surface area contributed by atoms with Crippen LogP contribution in [0, 0.1) is 0 Å². The summed E-state index contributed by atoms with van der Waals surface area (Å²) >= 11 is 0. The van der Waals surface area contributed by atoms with Gasteiger partial charge in [0.05, 0.1) is 6.33 Å². The van der Waals surface area contributed by atoms with Crippen LogP contribution in [0.5, 0.6) is 0 Å². The van der Waals surface area contributed by atoms with E-state index >= 15 is 0 Å². The van der Waals surface area contributed by atoms with Crippen LogP contribution in [0.2, 0.25) is 0 Å². The molecule has 16 heavy (non-hydrogen) atoms. The molecule has 1 aromatic heterocycles. The first kappa shape index (κ1) is 10.9. The number of hydrogen-bond acceptors (Lipinski definition) is 1. The van der Waals surface area contributed by atoms with Crippen molar-refractivity contribution in [2.45, 2.75) is 32.6 Å².